The number of nitrogens with zero attached hydrogens (tertiary/aromatic N) is 5. The fourth-order valence-electron chi connectivity index (χ4n) is 3.27. The van der Waals surface area contributed by atoms with Gasteiger partial charge in [-0.15, -0.1) is 0 Å². The summed E-state index contributed by atoms with van der Waals surface area (Å²) >= 11 is 0. The number of pyridine rings is 1. The smallest absolute Gasteiger partial charge is 0.266 e. The second kappa shape index (κ2) is 7.44. The van der Waals surface area contributed by atoms with Crippen LogP contribution in [0.4, 0.5) is 0 Å². The maximum absolute atomic E-state index is 12.2. The number of likely N-dealkylation sites (tertiary alicyclic amines) is 1. The van der Waals surface area contributed by atoms with Crippen LogP contribution in [0, 0.1) is 5.92 Å². The Bertz CT molecular complexity index is 958. The van der Waals surface area contributed by atoms with E-state index in [1.807, 2.05) is 18.3 Å². The number of hydrogen-bond donors (Lipinski definition) is 0. The minimum Gasteiger partial charge on any atom is -0.444 e. The van der Waals surface area contributed by atoms with Crippen LogP contribution in [0.3, 0.4) is 0 Å². The average molecular weight is 365 g/mol. The molecular formula is C20H23N5O2. The Labute approximate surface area is 157 Å². The van der Waals surface area contributed by atoms with E-state index in [0.717, 1.165) is 36.0 Å². The van der Waals surface area contributed by atoms with Crippen LogP contribution in [0.5, 0.6) is 0 Å². The minimum atomic E-state index is -0.0737. The molecule has 1 aliphatic heterocycles. The summed E-state index contributed by atoms with van der Waals surface area (Å²) in [7, 11) is 0. The summed E-state index contributed by atoms with van der Waals surface area (Å²) in [6.45, 7) is 7.32. The van der Waals surface area contributed by atoms with Gasteiger partial charge in [0.2, 0.25) is 5.89 Å². The van der Waals surface area contributed by atoms with Gasteiger partial charge in [-0.1, -0.05) is 13.8 Å². The van der Waals surface area contributed by atoms with Crippen molar-refractivity contribution in [1.29, 1.82) is 0 Å². The summed E-state index contributed by atoms with van der Waals surface area (Å²) < 4.78 is 7.32. The topological polar surface area (TPSA) is 77.1 Å². The molecule has 4 heterocycles. The fourth-order valence-corrected chi connectivity index (χ4v) is 3.27. The van der Waals surface area contributed by atoms with E-state index in [2.05, 4.69) is 33.8 Å². The van der Waals surface area contributed by atoms with Crippen LogP contribution in [-0.2, 0) is 13.1 Å². The molecule has 0 bridgehead atoms. The van der Waals surface area contributed by atoms with Gasteiger partial charge in [0.1, 0.15) is 5.76 Å². The number of oxazole rings is 1. The van der Waals surface area contributed by atoms with Gasteiger partial charge in [0, 0.05) is 48.9 Å². The summed E-state index contributed by atoms with van der Waals surface area (Å²) in [6.07, 6.45) is 5.29. The summed E-state index contributed by atoms with van der Waals surface area (Å²) in [5.41, 5.74) is 1.60. The number of hydrogen-bond acceptors (Lipinski definition) is 6. The van der Waals surface area contributed by atoms with Crippen LogP contribution in [0.15, 0.2) is 52.1 Å². The van der Waals surface area contributed by atoms with Crippen LogP contribution in [0.2, 0.25) is 0 Å². The van der Waals surface area contributed by atoms with Crippen LogP contribution in [0.25, 0.3) is 11.3 Å². The Morgan fingerprint density at radius 2 is 2.07 bits per heavy atom. The van der Waals surface area contributed by atoms with E-state index >= 15 is 0 Å². The highest BCUT2D eigenvalue weighted by Crippen LogP contribution is 2.22. The quantitative estimate of drug-likeness (QED) is 0.668. The fraction of sp³-hybridized carbons (Fsp3) is 0.400. The highest BCUT2D eigenvalue weighted by Gasteiger charge is 2.28. The minimum absolute atomic E-state index is 0.0737. The Balaban J connectivity index is 1.36. The first-order chi connectivity index (χ1) is 13.1. The molecule has 0 saturated carbocycles. The van der Waals surface area contributed by atoms with Gasteiger partial charge in [0.05, 0.1) is 25.0 Å². The lowest BCUT2D eigenvalue weighted by molar-refractivity contribution is 0.0676. The van der Waals surface area contributed by atoms with E-state index in [1.165, 1.54) is 0 Å². The van der Waals surface area contributed by atoms with Crippen molar-refractivity contribution in [3.63, 3.8) is 0 Å². The standard InChI is InChI=1S/C20H23N5O2/c1-14(2)18-9-22-19(27-18)13-24-10-15(11-24)12-25-20(26)6-5-17(23-25)16-4-3-7-21-8-16/h3-9,14-15H,10-13H2,1-2H3. The summed E-state index contributed by atoms with van der Waals surface area (Å²) in [6, 6.07) is 7.13. The van der Waals surface area contributed by atoms with Crippen molar-refractivity contribution < 1.29 is 4.42 Å². The van der Waals surface area contributed by atoms with Gasteiger partial charge >= 0.3 is 0 Å². The third-order valence-corrected chi connectivity index (χ3v) is 4.79. The molecule has 0 atom stereocenters. The Kier molecular flexibility index (Phi) is 4.85. The summed E-state index contributed by atoms with van der Waals surface area (Å²) in [5.74, 6) is 2.43. The zero-order valence-electron chi connectivity index (χ0n) is 15.6. The third kappa shape index (κ3) is 3.98. The van der Waals surface area contributed by atoms with Gasteiger partial charge in [-0.3, -0.25) is 14.7 Å². The zero-order valence-corrected chi connectivity index (χ0v) is 15.6. The lowest BCUT2D eigenvalue weighted by atomic mass is 10.0. The van der Waals surface area contributed by atoms with E-state index in [-0.39, 0.29) is 5.56 Å². The molecule has 7 nitrogen and oxygen atoms in total. The number of aromatic nitrogens is 4. The van der Waals surface area contributed by atoms with Crippen LogP contribution in [0.1, 0.15) is 31.4 Å². The lowest BCUT2D eigenvalue weighted by Crippen LogP contribution is -2.48. The molecule has 0 radical (unpaired) electrons. The molecule has 0 amide bonds. The summed E-state index contributed by atoms with van der Waals surface area (Å²) in [4.78, 5) is 22.9. The molecule has 7 heteroatoms. The largest absolute Gasteiger partial charge is 0.444 e. The van der Waals surface area contributed by atoms with Crippen LogP contribution >= 0.6 is 0 Å². The first kappa shape index (κ1) is 17.6. The number of rotatable bonds is 6. The molecule has 3 aromatic rings. The molecule has 0 aromatic carbocycles. The van der Waals surface area contributed by atoms with Gasteiger partial charge in [-0.25, -0.2) is 9.67 Å². The second-order valence-corrected chi connectivity index (χ2v) is 7.35. The van der Waals surface area contributed by atoms with Crippen molar-refractivity contribution in [3.8, 4) is 11.3 Å². The van der Waals surface area contributed by atoms with Crippen molar-refractivity contribution in [2.75, 3.05) is 13.1 Å². The molecule has 0 N–H and O–H groups in total. The van der Waals surface area contributed by atoms with Gasteiger partial charge in [-0.05, 0) is 18.2 Å². The van der Waals surface area contributed by atoms with E-state index in [9.17, 15) is 4.79 Å². The van der Waals surface area contributed by atoms with E-state index in [0.29, 0.717) is 24.9 Å². The first-order valence-electron chi connectivity index (χ1n) is 9.24. The van der Waals surface area contributed by atoms with E-state index in [1.54, 1.807) is 29.2 Å². The monoisotopic (exact) mass is 365 g/mol. The van der Waals surface area contributed by atoms with Crippen molar-refractivity contribution in [1.82, 2.24) is 24.6 Å². The molecular weight excluding hydrogens is 342 g/mol. The molecule has 3 aromatic heterocycles. The molecule has 0 unspecified atom stereocenters. The second-order valence-electron chi connectivity index (χ2n) is 7.35. The Morgan fingerprint density at radius 1 is 1.22 bits per heavy atom. The first-order valence-corrected chi connectivity index (χ1v) is 9.24. The zero-order chi connectivity index (χ0) is 18.8. The lowest BCUT2D eigenvalue weighted by Gasteiger charge is -2.38. The normalized spacial score (nSPS) is 15.2. The molecule has 1 aliphatic rings. The molecule has 1 fully saturated rings. The molecule has 1 saturated heterocycles. The molecule has 27 heavy (non-hydrogen) atoms. The highest BCUT2D eigenvalue weighted by atomic mass is 16.4. The van der Waals surface area contributed by atoms with Crippen molar-refractivity contribution >= 4 is 0 Å². The third-order valence-electron chi connectivity index (χ3n) is 4.79. The highest BCUT2D eigenvalue weighted by molar-refractivity contribution is 5.56. The molecule has 0 aliphatic carbocycles. The molecule has 0 spiro atoms. The molecule has 140 valence electrons. The van der Waals surface area contributed by atoms with Gasteiger partial charge in [0.15, 0.2) is 0 Å². The molecule has 4 rings (SSSR count). The van der Waals surface area contributed by atoms with Gasteiger partial charge in [0.25, 0.3) is 5.56 Å². The van der Waals surface area contributed by atoms with Gasteiger partial charge < -0.3 is 4.42 Å². The van der Waals surface area contributed by atoms with Gasteiger partial charge in [-0.2, -0.15) is 5.10 Å². The maximum atomic E-state index is 12.2. The van der Waals surface area contributed by atoms with E-state index < -0.39 is 0 Å². The Morgan fingerprint density at radius 3 is 2.78 bits per heavy atom. The maximum Gasteiger partial charge on any atom is 0.266 e. The SMILES string of the molecule is CC(C)c1cnc(CN2CC(Cn3nc(-c4cccnc4)ccc3=O)C2)o1. The summed E-state index contributed by atoms with van der Waals surface area (Å²) in [5, 5.41) is 4.51. The van der Waals surface area contributed by atoms with Crippen molar-refractivity contribution in [2.45, 2.75) is 32.9 Å². The predicted octanol–water partition coefficient (Wildman–Crippen LogP) is 2.55. The van der Waals surface area contributed by atoms with E-state index in [4.69, 9.17) is 4.42 Å². The average Bonchev–Trinajstić information content (AvgIpc) is 3.11. The van der Waals surface area contributed by atoms with Crippen molar-refractivity contribution in [2.24, 2.45) is 5.92 Å². The van der Waals surface area contributed by atoms with Crippen LogP contribution < -0.4 is 5.56 Å². The predicted molar refractivity (Wildman–Crippen MR) is 101 cm³/mol. The van der Waals surface area contributed by atoms with Crippen LogP contribution in [-0.4, -0.2) is 37.7 Å². The Hall–Kier alpha value is -2.80. The van der Waals surface area contributed by atoms with Crippen molar-refractivity contribution in [3.05, 3.63) is 64.9 Å².